The number of esters is 1. The molecule has 0 unspecified atom stereocenters. The highest BCUT2D eigenvalue weighted by molar-refractivity contribution is 5.94. The van der Waals surface area contributed by atoms with Crippen LogP contribution in [0.1, 0.15) is 24.8 Å². The van der Waals surface area contributed by atoms with E-state index in [2.05, 4.69) is 10.1 Å². The third-order valence-electron chi connectivity index (χ3n) is 3.16. The van der Waals surface area contributed by atoms with E-state index in [0.717, 1.165) is 30.9 Å². The minimum Gasteiger partial charge on any atom is -0.466 e. The first kappa shape index (κ1) is 19.6. The second kappa shape index (κ2) is 13.1. The molecule has 0 aliphatic carbocycles. The van der Waals surface area contributed by atoms with Crippen molar-refractivity contribution >= 4 is 18.0 Å². The van der Waals surface area contributed by atoms with Crippen LogP contribution in [0, 0.1) is 0 Å². The average Bonchev–Trinajstić information content (AvgIpc) is 2.62. The van der Waals surface area contributed by atoms with Crippen molar-refractivity contribution in [2.45, 2.75) is 19.3 Å². The third kappa shape index (κ3) is 10.3. The fourth-order valence-electron chi connectivity index (χ4n) is 1.89. The van der Waals surface area contributed by atoms with E-state index in [1.165, 1.54) is 13.2 Å². The van der Waals surface area contributed by atoms with Crippen molar-refractivity contribution in [3.8, 4) is 0 Å². The van der Waals surface area contributed by atoms with Crippen LogP contribution in [0.4, 0.5) is 0 Å². The van der Waals surface area contributed by atoms with Gasteiger partial charge < -0.3 is 14.8 Å². The monoisotopic (exact) mass is 331 g/mol. The van der Waals surface area contributed by atoms with Gasteiger partial charge in [-0.25, -0.2) is 4.79 Å². The highest BCUT2D eigenvalue weighted by Gasteiger charge is 1.97. The summed E-state index contributed by atoms with van der Waals surface area (Å²) in [5.74, 6) is -0.827. The number of nitrogens with one attached hydrogen (secondary N) is 1. The molecule has 0 fully saturated rings. The summed E-state index contributed by atoms with van der Waals surface area (Å²) in [6.07, 6.45) is 9.12. The molecule has 1 rings (SSSR count). The Kier molecular flexibility index (Phi) is 10.7. The molecule has 1 N–H and O–H groups in total. The molecule has 0 aliphatic heterocycles. The molecular weight excluding hydrogens is 306 g/mol. The summed E-state index contributed by atoms with van der Waals surface area (Å²) in [6.45, 7) is 1.89. The van der Waals surface area contributed by atoms with Gasteiger partial charge in [-0.3, -0.25) is 4.79 Å². The maximum Gasteiger partial charge on any atom is 0.330 e. The first-order chi connectivity index (χ1) is 11.7. The van der Waals surface area contributed by atoms with Crippen molar-refractivity contribution in [3.63, 3.8) is 0 Å². The zero-order valence-corrected chi connectivity index (χ0v) is 14.1. The van der Waals surface area contributed by atoms with Crippen LogP contribution in [-0.4, -0.2) is 38.7 Å². The van der Waals surface area contributed by atoms with E-state index in [0.29, 0.717) is 19.8 Å². The van der Waals surface area contributed by atoms with Crippen LogP contribution in [0.5, 0.6) is 0 Å². The summed E-state index contributed by atoms with van der Waals surface area (Å²) in [6, 6.07) is 10.1. The first-order valence-corrected chi connectivity index (χ1v) is 8.05. The fourth-order valence-corrected chi connectivity index (χ4v) is 1.89. The Labute approximate surface area is 143 Å². The van der Waals surface area contributed by atoms with E-state index in [1.54, 1.807) is 0 Å². The largest absolute Gasteiger partial charge is 0.466 e. The topological polar surface area (TPSA) is 64.6 Å². The lowest BCUT2D eigenvalue weighted by Crippen LogP contribution is -2.22. The number of ether oxygens (including phenoxy) is 2. The molecule has 5 nitrogen and oxygen atoms in total. The minimum atomic E-state index is -0.538. The Bertz CT molecular complexity index is 538. The van der Waals surface area contributed by atoms with Gasteiger partial charge in [0.25, 0.3) is 0 Å². The maximum atomic E-state index is 11.3. The summed E-state index contributed by atoms with van der Waals surface area (Å²) in [7, 11) is 1.27. The van der Waals surface area contributed by atoms with E-state index in [-0.39, 0.29) is 5.91 Å². The van der Waals surface area contributed by atoms with Crippen molar-refractivity contribution < 1.29 is 19.1 Å². The molecule has 0 bridgehead atoms. The van der Waals surface area contributed by atoms with Gasteiger partial charge in [0.05, 0.1) is 13.7 Å². The number of carbonyl (C=O) groups is 2. The van der Waals surface area contributed by atoms with Crippen LogP contribution in [0.3, 0.4) is 0 Å². The molecule has 24 heavy (non-hydrogen) atoms. The Morgan fingerprint density at radius 2 is 1.88 bits per heavy atom. The summed E-state index contributed by atoms with van der Waals surface area (Å²) >= 11 is 0. The zero-order chi connectivity index (χ0) is 17.5. The zero-order valence-electron chi connectivity index (χ0n) is 14.1. The standard InChI is InChI=1S/C19H25NO4/c1-23-19(22)13-12-18(21)20-14-6-3-7-15-24-16-8-11-17-9-4-2-5-10-17/h2,4-5,8-13H,3,6-7,14-16H2,1H3,(H,20,21). The van der Waals surface area contributed by atoms with Gasteiger partial charge >= 0.3 is 5.97 Å². The van der Waals surface area contributed by atoms with E-state index in [9.17, 15) is 9.59 Å². The molecule has 1 amide bonds. The number of hydrogen-bond donors (Lipinski definition) is 1. The van der Waals surface area contributed by atoms with Gasteiger partial charge in [-0.1, -0.05) is 42.5 Å². The molecule has 0 heterocycles. The Balaban J connectivity index is 1.94. The van der Waals surface area contributed by atoms with Gasteiger partial charge in [-0.15, -0.1) is 0 Å². The Morgan fingerprint density at radius 1 is 1.08 bits per heavy atom. The summed E-state index contributed by atoms with van der Waals surface area (Å²) in [5, 5.41) is 2.71. The third-order valence-corrected chi connectivity index (χ3v) is 3.16. The highest BCUT2D eigenvalue weighted by Crippen LogP contribution is 2.01. The van der Waals surface area contributed by atoms with Crippen LogP contribution in [-0.2, 0) is 19.1 Å². The second-order valence-corrected chi connectivity index (χ2v) is 5.10. The molecule has 0 aliphatic rings. The number of amides is 1. The molecule has 5 heteroatoms. The predicted octanol–water partition coefficient (Wildman–Crippen LogP) is 2.73. The lowest BCUT2D eigenvalue weighted by Gasteiger charge is -2.03. The molecule has 0 radical (unpaired) electrons. The smallest absolute Gasteiger partial charge is 0.330 e. The number of carbonyl (C=O) groups excluding carboxylic acids is 2. The van der Waals surface area contributed by atoms with Gasteiger partial charge in [0.15, 0.2) is 0 Å². The average molecular weight is 331 g/mol. The Morgan fingerprint density at radius 3 is 2.62 bits per heavy atom. The SMILES string of the molecule is COC(=O)C=CC(=O)NCCCCCOCC=Cc1ccccc1. The molecular formula is C19H25NO4. The van der Waals surface area contributed by atoms with E-state index < -0.39 is 5.97 Å². The quantitative estimate of drug-likeness (QED) is 0.385. The molecule has 1 aromatic carbocycles. The summed E-state index contributed by atoms with van der Waals surface area (Å²) in [4.78, 5) is 22.2. The van der Waals surface area contributed by atoms with E-state index >= 15 is 0 Å². The number of unbranched alkanes of at least 4 members (excludes halogenated alkanes) is 2. The van der Waals surface area contributed by atoms with Crippen LogP contribution >= 0.6 is 0 Å². The molecule has 130 valence electrons. The molecule has 0 saturated heterocycles. The maximum absolute atomic E-state index is 11.3. The predicted molar refractivity (Wildman–Crippen MR) is 94.3 cm³/mol. The molecule has 1 aromatic rings. The van der Waals surface area contributed by atoms with Gasteiger partial charge in [0, 0.05) is 25.3 Å². The van der Waals surface area contributed by atoms with Crippen LogP contribution < -0.4 is 5.32 Å². The van der Waals surface area contributed by atoms with Crippen LogP contribution in [0.2, 0.25) is 0 Å². The fraction of sp³-hybridized carbons (Fsp3) is 0.368. The van der Waals surface area contributed by atoms with E-state index in [1.807, 2.05) is 42.5 Å². The molecule has 0 saturated carbocycles. The lowest BCUT2D eigenvalue weighted by atomic mass is 10.2. The summed E-state index contributed by atoms with van der Waals surface area (Å²) < 4.78 is 9.92. The number of hydrogen-bond acceptors (Lipinski definition) is 4. The van der Waals surface area contributed by atoms with Crippen molar-refractivity contribution in [2.24, 2.45) is 0 Å². The number of benzene rings is 1. The van der Waals surface area contributed by atoms with Crippen LogP contribution in [0.15, 0.2) is 48.6 Å². The lowest BCUT2D eigenvalue weighted by molar-refractivity contribution is -0.135. The highest BCUT2D eigenvalue weighted by atomic mass is 16.5. The summed E-state index contributed by atoms with van der Waals surface area (Å²) in [5.41, 5.74) is 1.16. The number of rotatable bonds is 11. The van der Waals surface area contributed by atoms with Gasteiger partial charge in [0.2, 0.25) is 5.91 Å². The van der Waals surface area contributed by atoms with Crippen molar-refractivity contribution in [2.75, 3.05) is 26.9 Å². The van der Waals surface area contributed by atoms with Crippen molar-refractivity contribution in [3.05, 3.63) is 54.1 Å². The first-order valence-electron chi connectivity index (χ1n) is 8.05. The molecule has 0 atom stereocenters. The van der Waals surface area contributed by atoms with Gasteiger partial charge in [0.1, 0.15) is 0 Å². The van der Waals surface area contributed by atoms with Gasteiger partial charge in [-0.2, -0.15) is 0 Å². The molecule has 0 aromatic heterocycles. The molecule has 0 spiro atoms. The van der Waals surface area contributed by atoms with Crippen LogP contribution in [0.25, 0.3) is 6.08 Å². The number of methoxy groups -OCH3 is 1. The second-order valence-electron chi connectivity index (χ2n) is 5.10. The van der Waals surface area contributed by atoms with Gasteiger partial charge in [-0.05, 0) is 24.8 Å². The van der Waals surface area contributed by atoms with Crippen molar-refractivity contribution in [1.82, 2.24) is 5.32 Å². The minimum absolute atomic E-state index is 0.289. The van der Waals surface area contributed by atoms with E-state index in [4.69, 9.17) is 4.74 Å². The van der Waals surface area contributed by atoms with Crippen molar-refractivity contribution in [1.29, 1.82) is 0 Å². The normalized spacial score (nSPS) is 11.0. The Hall–Kier alpha value is -2.40.